The summed E-state index contributed by atoms with van der Waals surface area (Å²) in [5.41, 5.74) is 7.92. The summed E-state index contributed by atoms with van der Waals surface area (Å²) in [6.45, 7) is 7.97. The minimum Gasteiger partial charge on any atom is -0.378 e. The summed E-state index contributed by atoms with van der Waals surface area (Å²) in [6.07, 6.45) is 1.80. The van der Waals surface area contributed by atoms with Crippen molar-refractivity contribution >= 4 is 51.9 Å². The van der Waals surface area contributed by atoms with Crippen LogP contribution in [0.25, 0.3) is 5.69 Å². The summed E-state index contributed by atoms with van der Waals surface area (Å²) in [5, 5.41) is 7.48. The maximum Gasteiger partial charge on any atom is 0.226 e. The largest absolute Gasteiger partial charge is 0.378 e. The molecule has 4 aromatic rings. The van der Waals surface area contributed by atoms with Gasteiger partial charge in [-0.15, -0.1) is 0 Å². The van der Waals surface area contributed by atoms with Crippen molar-refractivity contribution in [1.29, 1.82) is 0 Å². The van der Waals surface area contributed by atoms with Crippen LogP contribution in [0, 0.1) is 19.8 Å². The molecule has 0 saturated carbocycles. The average Bonchev–Trinajstić information content (AvgIpc) is 3.44. The van der Waals surface area contributed by atoms with Crippen molar-refractivity contribution in [3.8, 4) is 5.69 Å². The molecule has 41 heavy (non-hydrogen) atoms. The number of aromatic nitrogens is 2. The van der Waals surface area contributed by atoms with E-state index in [0.29, 0.717) is 15.8 Å². The highest BCUT2D eigenvalue weighted by Gasteiger charge is 2.42. The molecule has 2 aromatic heterocycles. The molecule has 0 unspecified atom stereocenters. The van der Waals surface area contributed by atoms with Gasteiger partial charge in [0.2, 0.25) is 5.91 Å². The first-order valence-electron chi connectivity index (χ1n) is 13.6. The molecule has 9 heteroatoms. The third kappa shape index (κ3) is 5.54. The number of hydrogen-bond acceptors (Lipinski definition) is 4. The molecule has 0 spiro atoms. The van der Waals surface area contributed by atoms with E-state index < -0.39 is 0 Å². The molecule has 1 aliphatic heterocycles. The molecule has 0 radical (unpaired) electrons. The third-order valence-corrected chi connectivity index (χ3v) is 8.15. The van der Waals surface area contributed by atoms with Crippen molar-refractivity contribution < 1.29 is 4.79 Å². The number of rotatable bonds is 7. The molecule has 2 N–H and O–H groups in total. The van der Waals surface area contributed by atoms with Crippen molar-refractivity contribution in [2.45, 2.75) is 39.8 Å². The number of halogens is 1. The topological polar surface area (TPSA) is 65.4 Å². The number of benzene rings is 2. The number of nitrogens with one attached hydrogen (secondary N) is 2. The van der Waals surface area contributed by atoms with Gasteiger partial charge in [0.25, 0.3) is 0 Å². The third-order valence-electron chi connectivity index (χ3n) is 7.52. The fourth-order valence-corrected chi connectivity index (χ4v) is 5.93. The van der Waals surface area contributed by atoms with E-state index in [-0.39, 0.29) is 23.9 Å². The van der Waals surface area contributed by atoms with Crippen molar-refractivity contribution in [3.63, 3.8) is 0 Å². The molecule has 1 aliphatic rings. The lowest BCUT2D eigenvalue weighted by Gasteiger charge is -2.28. The van der Waals surface area contributed by atoms with Gasteiger partial charge in [-0.1, -0.05) is 31.5 Å². The van der Waals surface area contributed by atoms with Crippen LogP contribution >= 0.6 is 23.8 Å². The van der Waals surface area contributed by atoms with Gasteiger partial charge in [0, 0.05) is 54.7 Å². The van der Waals surface area contributed by atoms with Crippen molar-refractivity contribution in [2.75, 3.05) is 29.2 Å². The molecule has 1 amide bonds. The van der Waals surface area contributed by atoms with Crippen LogP contribution in [-0.4, -0.2) is 34.7 Å². The van der Waals surface area contributed by atoms with Crippen LogP contribution in [0.2, 0.25) is 5.02 Å². The number of thiocarbonyl (C=S) groups is 1. The molecule has 0 bridgehead atoms. The Morgan fingerprint density at radius 1 is 1.05 bits per heavy atom. The summed E-state index contributed by atoms with van der Waals surface area (Å²) in [7, 11) is 4.08. The Morgan fingerprint density at radius 2 is 1.76 bits per heavy atom. The minimum atomic E-state index is -0.189. The Kier molecular flexibility index (Phi) is 8.07. The van der Waals surface area contributed by atoms with Crippen LogP contribution in [0.3, 0.4) is 0 Å². The van der Waals surface area contributed by atoms with E-state index in [9.17, 15) is 4.79 Å². The number of aryl methyl sites for hydroxylation is 1. The van der Waals surface area contributed by atoms with Crippen LogP contribution < -0.4 is 20.4 Å². The Labute approximate surface area is 252 Å². The Hall–Kier alpha value is -3.88. The van der Waals surface area contributed by atoms with E-state index in [1.165, 1.54) is 0 Å². The molecule has 1 saturated heterocycles. The normalized spacial score (nSPS) is 16.7. The van der Waals surface area contributed by atoms with Gasteiger partial charge in [-0.2, -0.15) is 0 Å². The molecule has 212 valence electrons. The summed E-state index contributed by atoms with van der Waals surface area (Å²) in [5.74, 6) is -0.240. The molecular weight excluding hydrogens is 552 g/mol. The van der Waals surface area contributed by atoms with Gasteiger partial charge < -0.3 is 25.0 Å². The predicted molar refractivity (Wildman–Crippen MR) is 172 cm³/mol. The second-order valence-corrected chi connectivity index (χ2v) is 11.7. The van der Waals surface area contributed by atoms with E-state index in [1.807, 2.05) is 64.3 Å². The van der Waals surface area contributed by atoms with Crippen molar-refractivity contribution in [3.05, 3.63) is 101 Å². The average molecular weight is 587 g/mol. The minimum absolute atomic E-state index is 0.0860. The predicted octanol–water partition coefficient (Wildman–Crippen LogP) is 6.98. The lowest BCUT2D eigenvalue weighted by atomic mass is 9.96. The van der Waals surface area contributed by atoms with E-state index in [0.717, 1.165) is 39.7 Å². The Bertz CT molecular complexity index is 1580. The number of amides is 1. The molecule has 2 aromatic carbocycles. The maximum absolute atomic E-state index is 12.3. The second-order valence-electron chi connectivity index (χ2n) is 10.9. The Balaban J connectivity index is 1.60. The fraction of sp³-hybridized carbons (Fsp3) is 0.281. The highest BCUT2D eigenvalue weighted by molar-refractivity contribution is 7.80. The first kappa shape index (κ1) is 28.6. The lowest BCUT2D eigenvalue weighted by Crippen LogP contribution is -2.29. The van der Waals surface area contributed by atoms with Gasteiger partial charge in [0.15, 0.2) is 5.11 Å². The van der Waals surface area contributed by atoms with Crippen molar-refractivity contribution in [2.24, 2.45) is 5.92 Å². The molecular formula is C32H35ClN6OS. The zero-order chi connectivity index (χ0) is 29.4. The van der Waals surface area contributed by atoms with Crippen LogP contribution in [0.1, 0.15) is 48.6 Å². The van der Waals surface area contributed by atoms with Crippen molar-refractivity contribution in [1.82, 2.24) is 14.9 Å². The summed E-state index contributed by atoms with van der Waals surface area (Å²) in [4.78, 5) is 21.2. The fourth-order valence-electron chi connectivity index (χ4n) is 5.37. The van der Waals surface area contributed by atoms with Gasteiger partial charge in [-0.25, -0.2) is 0 Å². The van der Waals surface area contributed by atoms with E-state index in [1.54, 1.807) is 6.20 Å². The van der Waals surface area contributed by atoms with Crippen LogP contribution in [-0.2, 0) is 4.79 Å². The standard InChI is InChI=1S/C32H35ClN6OS/c1-19(2)31(40)35-27-15-14-24(18-26(27)33)39-30(29(36-32(39)41)28-9-7-8-16-34-28)25-17-20(3)38(21(25)4)23-12-10-22(11-13-23)37(5)6/h7-19,29-30H,1-6H3,(H,35,40)(H,36,41)/t29-,30-/m0/s1. The van der Waals surface area contributed by atoms with Crippen LogP contribution in [0.4, 0.5) is 17.1 Å². The van der Waals surface area contributed by atoms with E-state index in [2.05, 4.69) is 74.2 Å². The van der Waals surface area contributed by atoms with Crippen LogP contribution in [0.5, 0.6) is 0 Å². The van der Waals surface area contributed by atoms with Gasteiger partial charge in [0.05, 0.1) is 28.5 Å². The first-order valence-corrected chi connectivity index (χ1v) is 14.4. The molecule has 1 fully saturated rings. The molecule has 0 aliphatic carbocycles. The van der Waals surface area contributed by atoms with E-state index >= 15 is 0 Å². The molecule has 7 nitrogen and oxygen atoms in total. The highest BCUT2D eigenvalue weighted by Crippen LogP contribution is 2.44. The molecule has 5 rings (SSSR count). The number of carbonyl (C=O) groups excluding carboxylic acids is 1. The SMILES string of the molecule is Cc1cc([C@H]2[C@H](c3ccccn3)NC(=S)N2c2ccc(NC(=O)C(C)C)c(Cl)c2)c(C)n1-c1ccc(N(C)C)cc1. The van der Waals surface area contributed by atoms with Gasteiger partial charge >= 0.3 is 0 Å². The zero-order valence-electron chi connectivity index (χ0n) is 24.1. The van der Waals surface area contributed by atoms with Gasteiger partial charge in [0.1, 0.15) is 0 Å². The lowest BCUT2D eigenvalue weighted by molar-refractivity contribution is -0.118. The van der Waals surface area contributed by atoms with Gasteiger partial charge in [-0.3, -0.25) is 9.78 Å². The zero-order valence-corrected chi connectivity index (χ0v) is 25.7. The monoisotopic (exact) mass is 586 g/mol. The molecule has 3 heterocycles. The number of hydrogen-bond donors (Lipinski definition) is 2. The van der Waals surface area contributed by atoms with Gasteiger partial charge in [-0.05, 0) is 92.3 Å². The summed E-state index contributed by atoms with van der Waals surface area (Å²) >= 11 is 12.6. The number of pyridine rings is 1. The summed E-state index contributed by atoms with van der Waals surface area (Å²) < 4.78 is 2.28. The highest BCUT2D eigenvalue weighted by atomic mass is 35.5. The first-order chi connectivity index (χ1) is 19.6. The van der Waals surface area contributed by atoms with E-state index in [4.69, 9.17) is 23.8 Å². The number of nitrogens with zero attached hydrogens (tertiary/aromatic N) is 4. The number of anilines is 3. The quantitative estimate of drug-likeness (QED) is 0.228. The molecule has 2 atom stereocenters. The second kappa shape index (κ2) is 11.5. The number of carbonyl (C=O) groups is 1. The Morgan fingerprint density at radius 3 is 2.37 bits per heavy atom. The maximum atomic E-state index is 12.3. The smallest absolute Gasteiger partial charge is 0.226 e. The van der Waals surface area contributed by atoms with Crippen LogP contribution in [0.15, 0.2) is 72.9 Å². The summed E-state index contributed by atoms with van der Waals surface area (Å²) in [6, 6.07) is 22.0.